The van der Waals surface area contributed by atoms with Crippen LogP contribution in [-0.2, 0) is 3.08 Å². The topological polar surface area (TPSA) is 17.1 Å². The van der Waals surface area contributed by atoms with E-state index in [0.717, 1.165) is 8.87 Å². The molecule has 0 fully saturated rings. The first kappa shape index (κ1) is 14.5. The second kappa shape index (κ2) is 10.9. The first-order chi connectivity index (χ1) is 4.81. The molecule has 0 atom stereocenters. The smallest absolute Gasteiger partial charge is 0.197 e. The fourth-order valence-corrected chi connectivity index (χ4v) is 5.86. The molecule has 0 heterocycles. The van der Waals surface area contributed by atoms with Crippen molar-refractivity contribution in [2.24, 2.45) is 0 Å². The van der Waals surface area contributed by atoms with Crippen LogP contribution in [0.25, 0.3) is 0 Å². The fraction of sp³-hybridized carbons (Fsp3) is 1.00. The van der Waals surface area contributed by atoms with Crippen LogP contribution in [0.5, 0.6) is 0 Å². The average molecular weight is 283 g/mol. The Morgan fingerprint density at radius 2 is 1.36 bits per heavy atom. The third-order valence-electron chi connectivity index (χ3n) is 1.62. The third kappa shape index (κ3) is 10.9. The maximum absolute atomic E-state index is 11.2. The molecule has 0 rings (SSSR count). The molecule has 0 saturated heterocycles. The minimum absolute atomic E-state index is 0. The van der Waals surface area contributed by atoms with Crippen molar-refractivity contribution in [3.05, 3.63) is 0 Å². The van der Waals surface area contributed by atoms with Crippen molar-refractivity contribution >= 4 is 33.2 Å². The van der Waals surface area contributed by atoms with Gasteiger partial charge in [0.05, 0.1) is 0 Å². The first-order valence-corrected chi connectivity index (χ1v) is 9.53. The standard InChI is InChI=1S/2C4H9.O.H2S.Sn/c2*1-3-4-2;;;/h2*1,3-4H2,2H3;;1H2;. The van der Waals surface area contributed by atoms with E-state index in [0.29, 0.717) is 0 Å². The van der Waals surface area contributed by atoms with Gasteiger partial charge < -0.3 is 0 Å². The molecule has 0 saturated carbocycles. The van der Waals surface area contributed by atoms with Crippen LogP contribution >= 0.6 is 13.5 Å². The SMILES string of the molecule is CCC[CH2][Sn](=[O])[CH2]CCC.S. The number of rotatable bonds is 6. The van der Waals surface area contributed by atoms with Crippen LogP contribution in [0.4, 0.5) is 0 Å². The summed E-state index contributed by atoms with van der Waals surface area (Å²) in [6, 6.07) is 0. The van der Waals surface area contributed by atoms with E-state index in [2.05, 4.69) is 13.8 Å². The van der Waals surface area contributed by atoms with Gasteiger partial charge in [0.25, 0.3) is 0 Å². The molecular formula is C8H20OSSn. The van der Waals surface area contributed by atoms with Gasteiger partial charge in [0.2, 0.25) is 0 Å². The molecule has 0 radical (unpaired) electrons. The second-order valence-electron chi connectivity index (χ2n) is 2.75. The zero-order chi connectivity index (χ0) is 7.82. The Morgan fingerprint density at radius 1 is 1.00 bits per heavy atom. The fourth-order valence-electron chi connectivity index (χ4n) is 0.873. The van der Waals surface area contributed by atoms with Gasteiger partial charge >= 0.3 is 71.2 Å². The summed E-state index contributed by atoms with van der Waals surface area (Å²) >= 11 is -1.99. The predicted molar refractivity (Wildman–Crippen MR) is 56.3 cm³/mol. The van der Waals surface area contributed by atoms with Crippen molar-refractivity contribution in [1.82, 2.24) is 0 Å². The van der Waals surface area contributed by atoms with Gasteiger partial charge in [-0.15, -0.1) is 0 Å². The van der Waals surface area contributed by atoms with E-state index in [4.69, 9.17) is 0 Å². The minimum Gasteiger partial charge on any atom is -0.197 e. The average Bonchev–Trinajstić information content (AvgIpc) is 1.97. The van der Waals surface area contributed by atoms with Gasteiger partial charge in [-0.05, 0) is 0 Å². The Balaban J connectivity index is 0. The van der Waals surface area contributed by atoms with E-state index in [-0.39, 0.29) is 13.5 Å². The molecule has 0 spiro atoms. The molecule has 11 heavy (non-hydrogen) atoms. The molecule has 0 aromatic heterocycles. The zero-order valence-electron chi connectivity index (χ0n) is 7.65. The van der Waals surface area contributed by atoms with E-state index in [1.54, 1.807) is 0 Å². The molecule has 0 aliphatic carbocycles. The molecule has 0 amide bonds. The molecule has 3 heteroatoms. The van der Waals surface area contributed by atoms with Crippen molar-refractivity contribution in [2.75, 3.05) is 0 Å². The number of hydrogen-bond acceptors (Lipinski definition) is 1. The summed E-state index contributed by atoms with van der Waals surface area (Å²) in [5.74, 6) is 0. The Morgan fingerprint density at radius 3 is 1.64 bits per heavy atom. The molecule has 0 bridgehead atoms. The number of hydrogen-bond donors (Lipinski definition) is 0. The summed E-state index contributed by atoms with van der Waals surface area (Å²) in [6.07, 6.45) is 4.81. The first-order valence-electron chi connectivity index (χ1n) is 4.33. The van der Waals surface area contributed by atoms with Crippen molar-refractivity contribution < 1.29 is 3.08 Å². The number of unbranched alkanes of at least 4 members (excludes halogenated alkanes) is 2. The second-order valence-corrected chi connectivity index (χ2v) is 8.67. The summed E-state index contributed by atoms with van der Waals surface area (Å²) in [5.41, 5.74) is 0. The summed E-state index contributed by atoms with van der Waals surface area (Å²) in [6.45, 7) is 4.33. The van der Waals surface area contributed by atoms with Gasteiger partial charge in [0, 0.05) is 0 Å². The van der Waals surface area contributed by atoms with Crippen LogP contribution in [-0.4, -0.2) is 19.7 Å². The Bertz CT molecular complexity index is 86.1. The van der Waals surface area contributed by atoms with Crippen LogP contribution in [0.2, 0.25) is 8.87 Å². The zero-order valence-corrected chi connectivity index (χ0v) is 11.5. The monoisotopic (exact) mass is 284 g/mol. The van der Waals surface area contributed by atoms with Crippen LogP contribution in [0, 0.1) is 0 Å². The minimum atomic E-state index is -1.99. The van der Waals surface area contributed by atoms with Crippen LogP contribution < -0.4 is 0 Å². The van der Waals surface area contributed by atoms with Crippen molar-refractivity contribution in [3.63, 3.8) is 0 Å². The molecule has 68 valence electrons. The molecule has 0 N–H and O–H groups in total. The van der Waals surface area contributed by atoms with Gasteiger partial charge in [-0.2, -0.15) is 13.5 Å². The molecule has 0 unspecified atom stereocenters. The van der Waals surface area contributed by atoms with E-state index in [1.165, 1.54) is 25.7 Å². The maximum Gasteiger partial charge on any atom is -0.197 e. The van der Waals surface area contributed by atoms with Crippen LogP contribution in [0.1, 0.15) is 39.5 Å². The predicted octanol–water partition coefficient (Wildman–Crippen LogP) is 3.12. The normalized spacial score (nSPS) is 8.91. The summed E-state index contributed by atoms with van der Waals surface area (Å²) in [7, 11) is 0. The van der Waals surface area contributed by atoms with Gasteiger partial charge in [0.1, 0.15) is 0 Å². The quantitative estimate of drug-likeness (QED) is 0.684. The van der Waals surface area contributed by atoms with Crippen LogP contribution in [0.15, 0.2) is 0 Å². The molecule has 0 aromatic carbocycles. The molecule has 0 aliphatic heterocycles. The van der Waals surface area contributed by atoms with E-state index in [1.807, 2.05) is 0 Å². The Labute approximate surface area is 84.5 Å². The molecule has 0 aliphatic rings. The van der Waals surface area contributed by atoms with E-state index < -0.39 is 19.7 Å². The van der Waals surface area contributed by atoms with Crippen molar-refractivity contribution in [3.8, 4) is 0 Å². The van der Waals surface area contributed by atoms with Crippen LogP contribution in [0.3, 0.4) is 0 Å². The summed E-state index contributed by atoms with van der Waals surface area (Å²) in [5, 5.41) is 0. The van der Waals surface area contributed by atoms with Gasteiger partial charge in [-0.1, -0.05) is 0 Å². The third-order valence-corrected chi connectivity index (χ3v) is 6.82. The van der Waals surface area contributed by atoms with Crippen molar-refractivity contribution in [1.29, 1.82) is 0 Å². The summed E-state index contributed by atoms with van der Waals surface area (Å²) in [4.78, 5) is 0. The Kier molecular flexibility index (Phi) is 14.4. The maximum atomic E-state index is 11.2. The van der Waals surface area contributed by atoms with E-state index >= 15 is 0 Å². The van der Waals surface area contributed by atoms with Gasteiger partial charge in [-0.3, -0.25) is 0 Å². The van der Waals surface area contributed by atoms with Crippen molar-refractivity contribution in [2.45, 2.75) is 48.4 Å². The Hall–Kier alpha value is 0.949. The van der Waals surface area contributed by atoms with E-state index in [9.17, 15) is 3.08 Å². The largest absolute Gasteiger partial charge is 0.197 e. The molecule has 1 nitrogen and oxygen atoms in total. The summed E-state index contributed by atoms with van der Waals surface area (Å²) < 4.78 is 13.4. The molecule has 0 aromatic rings. The molecular weight excluding hydrogens is 263 g/mol. The van der Waals surface area contributed by atoms with Gasteiger partial charge in [-0.25, -0.2) is 0 Å². The van der Waals surface area contributed by atoms with Gasteiger partial charge in [0.15, 0.2) is 0 Å².